The van der Waals surface area contributed by atoms with Crippen LogP contribution in [-0.4, -0.2) is 23.4 Å². The van der Waals surface area contributed by atoms with Gasteiger partial charge in [0.05, 0.1) is 0 Å². The quantitative estimate of drug-likeness (QED) is 0.776. The number of hydrogen-bond donors (Lipinski definition) is 0. The molecule has 0 aliphatic heterocycles. The number of rotatable bonds is 2. The summed E-state index contributed by atoms with van der Waals surface area (Å²) in [6.07, 6.45) is -14.3. The zero-order valence-electron chi connectivity index (χ0n) is 8.38. The highest BCUT2D eigenvalue weighted by Crippen LogP contribution is 2.36. The lowest BCUT2D eigenvalue weighted by Gasteiger charge is -2.23. The normalized spacial score (nSPS) is 12.3. The van der Waals surface area contributed by atoms with Gasteiger partial charge in [-0.05, 0) is 6.07 Å². The van der Waals surface area contributed by atoms with Gasteiger partial charge in [0.15, 0.2) is 0 Å². The minimum atomic E-state index is -5.60. The lowest BCUT2D eigenvalue weighted by atomic mass is 10.3. The molecule has 0 spiro atoms. The van der Waals surface area contributed by atoms with Crippen molar-refractivity contribution in [3.05, 3.63) is 24.0 Å². The monoisotopic (exact) mass is 270 g/mol. The smallest absolute Gasteiger partial charge is 0.434 e. The highest BCUT2D eigenvalue weighted by molar-refractivity contribution is 5.30. The summed E-state index contributed by atoms with van der Waals surface area (Å²) in [5.41, 5.74) is -0.351. The van der Waals surface area contributed by atoms with Crippen molar-refractivity contribution in [1.82, 2.24) is 4.98 Å². The summed E-state index contributed by atoms with van der Waals surface area (Å²) in [6.45, 7) is 0. The molecule has 1 rings (SSSR count). The van der Waals surface area contributed by atoms with Crippen LogP contribution in [0.25, 0.3) is 0 Å². The number of hydrogen-bond acceptors (Lipinski definition) is 3. The molecule has 1 aromatic rings. The first-order valence-corrected chi connectivity index (χ1v) is 4.31. The highest BCUT2D eigenvalue weighted by Gasteiger charge is 2.59. The molecule has 0 unspecified atom stereocenters. The number of nitriles is 1. The second kappa shape index (κ2) is 4.72. The van der Waals surface area contributed by atoms with E-state index in [1.54, 1.807) is 0 Å². The number of aromatic nitrogens is 1. The lowest BCUT2D eigenvalue weighted by Crippen LogP contribution is -2.46. The van der Waals surface area contributed by atoms with E-state index < -0.39 is 24.2 Å². The standard InChI is InChI=1S/C9H4F6N2O/c10-8(11,12)7(9(13,14)15)18-6-1-2-17-5(3-6)4-16/h1-3,7H. The Bertz CT molecular complexity index is 447. The predicted molar refractivity (Wildman–Crippen MR) is 45.5 cm³/mol. The summed E-state index contributed by atoms with van der Waals surface area (Å²) in [7, 11) is 0. The highest BCUT2D eigenvalue weighted by atomic mass is 19.4. The molecular weight excluding hydrogens is 266 g/mol. The molecule has 0 aromatic carbocycles. The van der Waals surface area contributed by atoms with E-state index >= 15 is 0 Å². The minimum absolute atomic E-state index is 0.351. The fourth-order valence-corrected chi connectivity index (χ4v) is 1.00. The Labute approximate surface area is 96.6 Å². The summed E-state index contributed by atoms with van der Waals surface area (Å²) < 4.78 is 76.8. The van der Waals surface area contributed by atoms with Crippen molar-refractivity contribution in [3.8, 4) is 11.8 Å². The first-order valence-electron chi connectivity index (χ1n) is 4.31. The van der Waals surface area contributed by atoms with E-state index in [2.05, 4.69) is 9.72 Å². The zero-order valence-corrected chi connectivity index (χ0v) is 8.38. The Balaban J connectivity index is 3.01. The first kappa shape index (κ1) is 14.1. The predicted octanol–water partition coefficient (Wildman–Crippen LogP) is 2.83. The van der Waals surface area contributed by atoms with Crippen LogP contribution in [0.15, 0.2) is 18.3 Å². The van der Waals surface area contributed by atoms with E-state index in [1.165, 1.54) is 6.07 Å². The fraction of sp³-hybridized carbons (Fsp3) is 0.333. The second-order valence-corrected chi connectivity index (χ2v) is 3.07. The van der Waals surface area contributed by atoms with Crippen molar-refractivity contribution in [1.29, 1.82) is 5.26 Å². The molecule has 0 aliphatic rings. The SMILES string of the molecule is N#Cc1cc(OC(C(F)(F)F)C(F)(F)F)ccn1. The minimum Gasteiger partial charge on any atom is -0.471 e. The van der Waals surface area contributed by atoms with Gasteiger partial charge in [0.25, 0.3) is 6.10 Å². The van der Waals surface area contributed by atoms with Crippen LogP contribution in [0.1, 0.15) is 5.69 Å². The van der Waals surface area contributed by atoms with Crippen molar-refractivity contribution in [2.75, 3.05) is 0 Å². The third-order valence-electron chi connectivity index (χ3n) is 1.69. The number of nitrogens with zero attached hydrogens (tertiary/aromatic N) is 2. The molecule has 1 heterocycles. The molecule has 0 aliphatic carbocycles. The van der Waals surface area contributed by atoms with Gasteiger partial charge in [-0.3, -0.25) is 0 Å². The summed E-state index contributed by atoms with van der Waals surface area (Å²) in [5, 5.41) is 8.40. The molecule has 0 saturated carbocycles. The van der Waals surface area contributed by atoms with Crippen LogP contribution in [0, 0.1) is 11.3 Å². The molecule has 18 heavy (non-hydrogen) atoms. The van der Waals surface area contributed by atoms with Gasteiger partial charge in [-0.1, -0.05) is 0 Å². The van der Waals surface area contributed by atoms with Gasteiger partial charge < -0.3 is 4.74 Å². The first-order chi connectivity index (χ1) is 8.14. The van der Waals surface area contributed by atoms with E-state index in [9.17, 15) is 26.3 Å². The molecule has 0 fully saturated rings. The van der Waals surface area contributed by atoms with Crippen LogP contribution >= 0.6 is 0 Å². The molecule has 0 N–H and O–H groups in total. The van der Waals surface area contributed by atoms with Gasteiger partial charge in [0.2, 0.25) is 0 Å². The van der Waals surface area contributed by atoms with E-state index in [0.29, 0.717) is 6.07 Å². The summed E-state index contributed by atoms with van der Waals surface area (Å²) in [4.78, 5) is 3.39. The van der Waals surface area contributed by atoms with Crippen LogP contribution in [-0.2, 0) is 0 Å². The lowest BCUT2D eigenvalue weighted by molar-refractivity contribution is -0.299. The molecule has 0 bridgehead atoms. The molecule has 9 heteroatoms. The van der Waals surface area contributed by atoms with E-state index in [-0.39, 0.29) is 5.69 Å². The van der Waals surface area contributed by atoms with Crippen LogP contribution in [0.3, 0.4) is 0 Å². The topological polar surface area (TPSA) is 45.9 Å². The molecule has 98 valence electrons. The number of pyridine rings is 1. The van der Waals surface area contributed by atoms with Gasteiger partial charge in [-0.2, -0.15) is 31.6 Å². The van der Waals surface area contributed by atoms with Gasteiger partial charge in [0.1, 0.15) is 17.5 Å². The Kier molecular flexibility index (Phi) is 3.69. The van der Waals surface area contributed by atoms with E-state index in [1.807, 2.05) is 0 Å². The van der Waals surface area contributed by atoms with Gasteiger partial charge in [0, 0.05) is 12.3 Å². The summed E-state index contributed by atoms with van der Waals surface area (Å²) in [6, 6.07) is 2.95. The molecule has 0 amide bonds. The average Bonchev–Trinajstić information content (AvgIpc) is 2.23. The largest absolute Gasteiger partial charge is 0.471 e. The molecule has 3 nitrogen and oxygen atoms in total. The zero-order chi connectivity index (χ0) is 14.0. The maximum atomic E-state index is 12.2. The summed E-state index contributed by atoms with van der Waals surface area (Å²) >= 11 is 0. The van der Waals surface area contributed by atoms with Gasteiger partial charge in [-0.15, -0.1) is 0 Å². The summed E-state index contributed by atoms with van der Waals surface area (Å²) in [5.74, 6) is -0.735. The Morgan fingerprint density at radius 2 is 1.72 bits per heavy atom. The number of ether oxygens (including phenoxy) is 1. The van der Waals surface area contributed by atoms with Gasteiger partial charge >= 0.3 is 12.4 Å². The molecule has 0 atom stereocenters. The number of alkyl halides is 6. The Hall–Kier alpha value is -1.98. The number of halogens is 6. The molecule has 0 radical (unpaired) electrons. The molecule has 0 saturated heterocycles. The second-order valence-electron chi connectivity index (χ2n) is 3.07. The van der Waals surface area contributed by atoms with Crippen molar-refractivity contribution in [2.45, 2.75) is 18.5 Å². The van der Waals surface area contributed by atoms with Crippen molar-refractivity contribution in [3.63, 3.8) is 0 Å². The van der Waals surface area contributed by atoms with E-state index in [0.717, 1.165) is 12.3 Å². The van der Waals surface area contributed by atoms with E-state index in [4.69, 9.17) is 5.26 Å². The fourth-order valence-electron chi connectivity index (χ4n) is 1.00. The molecular formula is C9H4F6N2O. The third-order valence-corrected chi connectivity index (χ3v) is 1.69. The Morgan fingerprint density at radius 1 is 1.17 bits per heavy atom. The Morgan fingerprint density at radius 3 is 2.17 bits per heavy atom. The molecule has 1 aromatic heterocycles. The third kappa shape index (κ3) is 3.51. The van der Waals surface area contributed by atoms with Crippen LogP contribution in [0.2, 0.25) is 0 Å². The van der Waals surface area contributed by atoms with Crippen molar-refractivity contribution < 1.29 is 31.1 Å². The van der Waals surface area contributed by atoms with Crippen LogP contribution in [0.5, 0.6) is 5.75 Å². The van der Waals surface area contributed by atoms with Crippen LogP contribution < -0.4 is 4.74 Å². The van der Waals surface area contributed by atoms with Gasteiger partial charge in [-0.25, -0.2) is 4.98 Å². The maximum Gasteiger partial charge on any atom is 0.434 e. The maximum absolute atomic E-state index is 12.2. The van der Waals surface area contributed by atoms with Crippen molar-refractivity contribution >= 4 is 0 Å². The van der Waals surface area contributed by atoms with Crippen molar-refractivity contribution in [2.24, 2.45) is 0 Å². The average molecular weight is 270 g/mol. The van der Waals surface area contributed by atoms with Crippen LogP contribution in [0.4, 0.5) is 26.3 Å².